The van der Waals surface area contributed by atoms with Crippen molar-refractivity contribution in [3.8, 4) is 11.3 Å². The lowest BCUT2D eigenvalue weighted by atomic mass is 10.1. The highest BCUT2D eigenvalue weighted by Gasteiger charge is 2.16. The van der Waals surface area contributed by atoms with E-state index in [1.807, 2.05) is 55.5 Å². The van der Waals surface area contributed by atoms with E-state index in [2.05, 4.69) is 26.8 Å². The van der Waals surface area contributed by atoms with E-state index in [4.69, 9.17) is 0 Å². The van der Waals surface area contributed by atoms with Crippen molar-refractivity contribution in [2.45, 2.75) is 32.4 Å². The second kappa shape index (κ2) is 9.00. The standard InChI is InChI=1S/C23H22N4O2S/c1-16(12-13-17-8-4-2-5-9-17)25-19(28)14-27-15-24-21-20(18-10-6-3-7-11-18)26-30-22(21)23(27)29/h2-11,15-16H,12-14H2,1H3,(H,25,28). The molecular weight excluding hydrogens is 396 g/mol. The van der Waals surface area contributed by atoms with Gasteiger partial charge in [-0.3, -0.25) is 14.2 Å². The zero-order valence-electron chi connectivity index (χ0n) is 16.6. The van der Waals surface area contributed by atoms with Crippen LogP contribution in [0.25, 0.3) is 21.5 Å². The van der Waals surface area contributed by atoms with Gasteiger partial charge in [0, 0.05) is 11.6 Å². The van der Waals surface area contributed by atoms with Gasteiger partial charge in [-0.25, -0.2) is 4.98 Å². The Morgan fingerprint density at radius 1 is 1.10 bits per heavy atom. The van der Waals surface area contributed by atoms with Crippen molar-refractivity contribution in [3.63, 3.8) is 0 Å². The van der Waals surface area contributed by atoms with Crippen LogP contribution in [0.5, 0.6) is 0 Å². The third kappa shape index (κ3) is 4.46. The number of aromatic nitrogens is 3. The predicted molar refractivity (Wildman–Crippen MR) is 119 cm³/mol. The van der Waals surface area contributed by atoms with Gasteiger partial charge in [-0.2, -0.15) is 4.37 Å². The largest absolute Gasteiger partial charge is 0.352 e. The minimum atomic E-state index is -0.244. The maximum atomic E-state index is 12.8. The van der Waals surface area contributed by atoms with Crippen molar-refractivity contribution in [3.05, 3.63) is 82.9 Å². The monoisotopic (exact) mass is 418 g/mol. The highest BCUT2D eigenvalue weighted by Crippen LogP contribution is 2.26. The molecule has 0 fully saturated rings. The molecule has 0 saturated carbocycles. The van der Waals surface area contributed by atoms with Crippen LogP contribution in [0.4, 0.5) is 0 Å². The first-order valence-electron chi connectivity index (χ1n) is 9.85. The Bertz CT molecular complexity index is 1200. The molecule has 30 heavy (non-hydrogen) atoms. The molecular formula is C23H22N4O2S. The lowest BCUT2D eigenvalue weighted by Gasteiger charge is -2.14. The Kier molecular flexibility index (Phi) is 5.99. The Balaban J connectivity index is 1.43. The minimum absolute atomic E-state index is 0.0122. The molecule has 0 aliphatic carbocycles. The van der Waals surface area contributed by atoms with Crippen LogP contribution in [-0.2, 0) is 17.8 Å². The smallest absolute Gasteiger partial charge is 0.273 e. The van der Waals surface area contributed by atoms with Crippen molar-refractivity contribution >= 4 is 27.7 Å². The minimum Gasteiger partial charge on any atom is -0.352 e. The van der Waals surface area contributed by atoms with Gasteiger partial charge in [0.05, 0.1) is 6.33 Å². The van der Waals surface area contributed by atoms with E-state index < -0.39 is 0 Å². The van der Waals surface area contributed by atoms with E-state index in [9.17, 15) is 9.59 Å². The average molecular weight is 419 g/mol. The third-order valence-corrected chi connectivity index (χ3v) is 5.75. The summed E-state index contributed by atoms with van der Waals surface area (Å²) in [5, 5.41) is 2.97. The fourth-order valence-corrected chi connectivity index (χ4v) is 4.13. The normalized spacial score (nSPS) is 12.0. The van der Waals surface area contributed by atoms with Gasteiger partial charge < -0.3 is 5.32 Å². The van der Waals surface area contributed by atoms with Gasteiger partial charge in [-0.1, -0.05) is 60.7 Å². The summed E-state index contributed by atoms with van der Waals surface area (Å²) in [5.41, 5.74) is 3.18. The highest BCUT2D eigenvalue weighted by molar-refractivity contribution is 7.13. The molecule has 0 radical (unpaired) electrons. The summed E-state index contributed by atoms with van der Waals surface area (Å²) >= 11 is 1.12. The number of carbonyl (C=O) groups is 1. The van der Waals surface area contributed by atoms with Crippen molar-refractivity contribution < 1.29 is 4.79 Å². The summed E-state index contributed by atoms with van der Waals surface area (Å²) in [6.07, 6.45) is 3.15. The van der Waals surface area contributed by atoms with Crippen molar-refractivity contribution in [2.75, 3.05) is 0 Å². The van der Waals surface area contributed by atoms with Crippen LogP contribution in [0, 0.1) is 0 Å². The number of nitrogens with zero attached hydrogens (tertiary/aromatic N) is 3. The molecule has 7 heteroatoms. The number of benzene rings is 2. The van der Waals surface area contributed by atoms with Crippen LogP contribution in [-0.4, -0.2) is 25.9 Å². The van der Waals surface area contributed by atoms with E-state index in [1.54, 1.807) is 0 Å². The number of rotatable bonds is 7. The molecule has 0 bridgehead atoms. The molecule has 6 nitrogen and oxygen atoms in total. The predicted octanol–water partition coefficient (Wildman–Crippen LogP) is 3.66. The molecule has 0 saturated heterocycles. The quantitative estimate of drug-likeness (QED) is 0.497. The number of hydrogen-bond acceptors (Lipinski definition) is 5. The third-order valence-electron chi connectivity index (χ3n) is 4.93. The Hall–Kier alpha value is -3.32. The van der Waals surface area contributed by atoms with Crippen LogP contribution in [0.1, 0.15) is 18.9 Å². The molecule has 2 heterocycles. The summed E-state index contributed by atoms with van der Waals surface area (Å²) in [4.78, 5) is 29.7. The zero-order valence-corrected chi connectivity index (χ0v) is 17.4. The summed E-state index contributed by atoms with van der Waals surface area (Å²) in [6, 6.07) is 19.8. The zero-order chi connectivity index (χ0) is 20.9. The molecule has 4 aromatic rings. The summed E-state index contributed by atoms with van der Waals surface area (Å²) in [7, 11) is 0. The Labute approximate surface area is 178 Å². The van der Waals surface area contributed by atoms with E-state index in [0.717, 1.165) is 29.9 Å². The summed E-state index contributed by atoms with van der Waals surface area (Å²) in [5.74, 6) is -0.202. The fourth-order valence-electron chi connectivity index (χ4n) is 3.33. The highest BCUT2D eigenvalue weighted by atomic mass is 32.1. The molecule has 1 atom stereocenters. The second-order valence-corrected chi connectivity index (χ2v) is 8.02. The van der Waals surface area contributed by atoms with E-state index in [0.29, 0.717) is 15.9 Å². The van der Waals surface area contributed by atoms with Gasteiger partial charge in [0.15, 0.2) is 0 Å². The molecule has 4 rings (SSSR count). The number of hydrogen-bond donors (Lipinski definition) is 1. The molecule has 0 spiro atoms. The fraction of sp³-hybridized carbons (Fsp3) is 0.217. The molecule has 1 amide bonds. The van der Waals surface area contributed by atoms with Gasteiger partial charge in [-0.15, -0.1) is 0 Å². The van der Waals surface area contributed by atoms with E-state index in [-0.39, 0.29) is 24.1 Å². The van der Waals surface area contributed by atoms with Gasteiger partial charge in [0.1, 0.15) is 22.5 Å². The summed E-state index contributed by atoms with van der Waals surface area (Å²) < 4.78 is 6.21. The SMILES string of the molecule is CC(CCc1ccccc1)NC(=O)Cn1cnc2c(-c3ccccc3)nsc2c1=O. The van der Waals surface area contributed by atoms with Crippen LogP contribution >= 0.6 is 11.5 Å². The first-order valence-corrected chi connectivity index (χ1v) is 10.6. The second-order valence-electron chi connectivity index (χ2n) is 7.25. The molecule has 1 N–H and O–H groups in total. The molecule has 0 aliphatic rings. The number of carbonyl (C=O) groups excluding carboxylic acids is 1. The first-order chi connectivity index (χ1) is 14.6. The number of nitrogens with one attached hydrogen (secondary N) is 1. The number of amides is 1. The average Bonchev–Trinajstić information content (AvgIpc) is 3.20. The molecule has 0 aliphatic heterocycles. The lowest BCUT2D eigenvalue weighted by molar-refractivity contribution is -0.122. The van der Waals surface area contributed by atoms with Crippen LogP contribution in [0.3, 0.4) is 0 Å². The van der Waals surface area contributed by atoms with Crippen molar-refractivity contribution in [1.82, 2.24) is 19.2 Å². The molecule has 1 unspecified atom stereocenters. The maximum absolute atomic E-state index is 12.8. The molecule has 152 valence electrons. The van der Waals surface area contributed by atoms with Crippen molar-refractivity contribution in [1.29, 1.82) is 0 Å². The van der Waals surface area contributed by atoms with Crippen LogP contribution < -0.4 is 10.9 Å². The number of fused-ring (bicyclic) bond motifs is 1. The molecule has 2 aromatic heterocycles. The number of aryl methyl sites for hydroxylation is 1. The van der Waals surface area contributed by atoms with Crippen molar-refractivity contribution in [2.24, 2.45) is 0 Å². The Morgan fingerprint density at radius 3 is 2.53 bits per heavy atom. The van der Waals surface area contributed by atoms with Gasteiger partial charge in [-0.05, 0) is 36.9 Å². The maximum Gasteiger partial charge on any atom is 0.273 e. The summed E-state index contributed by atoms with van der Waals surface area (Å²) in [6.45, 7) is 1.91. The van der Waals surface area contributed by atoms with E-state index >= 15 is 0 Å². The van der Waals surface area contributed by atoms with Crippen LogP contribution in [0.2, 0.25) is 0 Å². The van der Waals surface area contributed by atoms with E-state index in [1.165, 1.54) is 16.5 Å². The lowest BCUT2D eigenvalue weighted by Crippen LogP contribution is -2.37. The van der Waals surface area contributed by atoms with Gasteiger partial charge in [0.25, 0.3) is 5.56 Å². The van der Waals surface area contributed by atoms with Gasteiger partial charge >= 0.3 is 0 Å². The first kappa shape index (κ1) is 20.0. The van der Waals surface area contributed by atoms with Gasteiger partial charge in [0.2, 0.25) is 5.91 Å². The topological polar surface area (TPSA) is 76.9 Å². The van der Waals surface area contributed by atoms with Crippen LogP contribution in [0.15, 0.2) is 71.8 Å². The molecule has 2 aromatic carbocycles. The Morgan fingerprint density at radius 2 is 1.80 bits per heavy atom.